The molecule has 3 aromatic rings. The van der Waals surface area contributed by atoms with Gasteiger partial charge in [-0.3, -0.25) is 0 Å². The number of benzene rings is 2. The zero-order valence-electron chi connectivity index (χ0n) is 12.3. The van der Waals surface area contributed by atoms with E-state index < -0.39 is 7.12 Å². The molecule has 0 aliphatic carbocycles. The summed E-state index contributed by atoms with van der Waals surface area (Å²) in [5, 5.41) is 28.4. The van der Waals surface area contributed by atoms with E-state index in [-0.39, 0.29) is 5.75 Å². The van der Waals surface area contributed by atoms with Crippen LogP contribution in [0, 0.1) is 0 Å². The standard InChI is InChI=1S/C16H17BN2O3/c1-2-15-18-13-4-3-5-14(20)16(13)19(15)10-11-6-8-12(9-7-11)17(21)22/h3-9,20-22H,2,10H2,1H3. The highest BCUT2D eigenvalue weighted by atomic mass is 16.4. The predicted molar refractivity (Wildman–Crippen MR) is 86.1 cm³/mol. The number of fused-ring (bicyclic) bond motifs is 1. The highest BCUT2D eigenvalue weighted by Crippen LogP contribution is 2.26. The molecule has 0 unspecified atom stereocenters. The molecular formula is C16H17BN2O3. The molecule has 0 aliphatic heterocycles. The SMILES string of the molecule is CCc1nc2cccc(O)c2n1Cc1ccc(B(O)O)cc1. The summed E-state index contributed by atoms with van der Waals surface area (Å²) < 4.78 is 2.00. The van der Waals surface area contributed by atoms with Crippen molar-refractivity contribution in [2.75, 3.05) is 0 Å². The van der Waals surface area contributed by atoms with Gasteiger partial charge in [0.05, 0.1) is 5.52 Å². The fraction of sp³-hybridized carbons (Fsp3) is 0.188. The van der Waals surface area contributed by atoms with Crippen LogP contribution in [-0.4, -0.2) is 31.8 Å². The van der Waals surface area contributed by atoms with Gasteiger partial charge in [0.2, 0.25) is 0 Å². The molecule has 0 amide bonds. The Bertz CT molecular complexity index is 797. The second-order valence-corrected chi connectivity index (χ2v) is 5.23. The van der Waals surface area contributed by atoms with Crippen molar-refractivity contribution < 1.29 is 15.2 Å². The van der Waals surface area contributed by atoms with E-state index in [1.165, 1.54) is 0 Å². The normalized spacial score (nSPS) is 11.0. The fourth-order valence-electron chi connectivity index (χ4n) is 2.63. The Morgan fingerprint density at radius 1 is 1.09 bits per heavy atom. The molecule has 0 aliphatic rings. The third kappa shape index (κ3) is 2.58. The molecular weight excluding hydrogens is 279 g/mol. The van der Waals surface area contributed by atoms with Gasteiger partial charge < -0.3 is 19.7 Å². The number of aromatic hydroxyl groups is 1. The number of phenols is 1. The average Bonchev–Trinajstić information content (AvgIpc) is 2.87. The van der Waals surface area contributed by atoms with Gasteiger partial charge in [0.25, 0.3) is 0 Å². The first-order chi connectivity index (χ1) is 10.6. The summed E-state index contributed by atoms with van der Waals surface area (Å²) in [6.45, 7) is 2.60. The van der Waals surface area contributed by atoms with Crippen molar-refractivity contribution in [1.82, 2.24) is 9.55 Å². The summed E-state index contributed by atoms with van der Waals surface area (Å²) in [4.78, 5) is 4.56. The van der Waals surface area contributed by atoms with Gasteiger partial charge in [-0.2, -0.15) is 0 Å². The average molecular weight is 296 g/mol. The van der Waals surface area contributed by atoms with Gasteiger partial charge >= 0.3 is 7.12 Å². The van der Waals surface area contributed by atoms with Crippen molar-refractivity contribution in [3.8, 4) is 5.75 Å². The fourth-order valence-corrected chi connectivity index (χ4v) is 2.63. The molecule has 0 saturated heterocycles. The van der Waals surface area contributed by atoms with E-state index in [9.17, 15) is 5.11 Å². The maximum absolute atomic E-state index is 10.1. The zero-order valence-corrected chi connectivity index (χ0v) is 12.3. The van der Waals surface area contributed by atoms with E-state index in [4.69, 9.17) is 10.0 Å². The predicted octanol–water partition coefficient (Wildman–Crippen LogP) is 1.03. The monoisotopic (exact) mass is 296 g/mol. The maximum atomic E-state index is 10.1. The molecule has 3 N–H and O–H groups in total. The van der Waals surface area contributed by atoms with Crippen molar-refractivity contribution in [3.05, 3.63) is 53.9 Å². The highest BCUT2D eigenvalue weighted by Gasteiger charge is 2.14. The number of hydrogen-bond donors (Lipinski definition) is 3. The molecule has 2 aromatic carbocycles. The van der Waals surface area contributed by atoms with Crippen molar-refractivity contribution in [3.63, 3.8) is 0 Å². The molecule has 0 radical (unpaired) electrons. The summed E-state index contributed by atoms with van der Waals surface area (Å²) in [6.07, 6.45) is 0.765. The molecule has 0 fully saturated rings. The smallest absolute Gasteiger partial charge is 0.488 e. The lowest BCUT2D eigenvalue weighted by atomic mass is 9.80. The Morgan fingerprint density at radius 3 is 2.45 bits per heavy atom. The number of phenolic OH excluding ortho intramolecular Hbond substituents is 1. The van der Waals surface area contributed by atoms with Gasteiger partial charge in [-0.05, 0) is 23.2 Å². The van der Waals surface area contributed by atoms with E-state index in [1.54, 1.807) is 24.3 Å². The first-order valence-electron chi connectivity index (χ1n) is 7.22. The number of aryl methyl sites for hydroxylation is 1. The Hall–Kier alpha value is -2.31. The van der Waals surface area contributed by atoms with Gasteiger partial charge in [0.15, 0.2) is 0 Å². The molecule has 1 aromatic heterocycles. The second kappa shape index (κ2) is 5.83. The van der Waals surface area contributed by atoms with Gasteiger partial charge in [0, 0.05) is 13.0 Å². The van der Waals surface area contributed by atoms with Gasteiger partial charge in [-0.15, -0.1) is 0 Å². The summed E-state index contributed by atoms with van der Waals surface area (Å²) in [5.41, 5.74) is 2.96. The van der Waals surface area contributed by atoms with E-state index in [0.29, 0.717) is 12.0 Å². The lowest BCUT2D eigenvalue weighted by molar-refractivity contribution is 0.426. The van der Waals surface area contributed by atoms with E-state index in [2.05, 4.69) is 4.98 Å². The quantitative estimate of drug-likeness (QED) is 0.628. The topological polar surface area (TPSA) is 78.5 Å². The molecule has 0 bridgehead atoms. The van der Waals surface area contributed by atoms with Gasteiger partial charge in [-0.1, -0.05) is 37.3 Å². The number of aromatic nitrogens is 2. The number of hydrogen-bond acceptors (Lipinski definition) is 4. The molecule has 22 heavy (non-hydrogen) atoms. The molecule has 3 rings (SSSR count). The van der Waals surface area contributed by atoms with E-state index in [0.717, 1.165) is 28.8 Å². The molecule has 1 heterocycles. The van der Waals surface area contributed by atoms with Crippen molar-refractivity contribution in [1.29, 1.82) is 0 Å². The van der Waals surface area contributed by atoms with Crippen LogP contribution in [0.1, 0.15) is 18.3 Å². The first kappa shape index (κ1) is 14.6. The maximum Gasteiger partial charge on any atom is 0.488 e. The van der Waals surface area contributed by atoms with Crippen LogP contribution in [0.5, 0.6) is 5.75 Å². The Kier molecular flexibility index (Phi) is 3.87. The largest absolute Gasteiger partial charge is 0.506 e. The minimum absolute atomic E-state index is 0.215. The molecule has 6 heteroatoms. The Balaban J connectivity index is 2.02. The third-order valence-electron chi connectivity index (χ3n) is 3.76. The lowest BCUT2D eigenvalue weighted by Crippen LogP contribution is -2.29. The summed E-state index contributed by atoms with van der Waals surface area (Å²) in [5.74, 6) is 1.12. The highest BCUT2D eigenvalue weighted by molar-refractivity contribution is 6.58. The number of nitrogens with zero attached hydrogens (tertiary/aromatic N) is 2. The minimum atomic E-state index is -1.46. The van der Waals surface area contributed by atoms with Crippen LogP contribution in [0.15, 0.2) is 42.5 Å². The second-order valence-electron chi connectivity index (χ2n) is 5.23. The minimum Gasteiger partial charge on any atom is -0.506 e. The number of imidazole rings is 1. The molecule has 112 valence electrons. The Labute approximate surface area is 128 Å². The van der Waals surface area contributed by atoms with E-state index in [1.807, 2.05) is 29.7 Å². The molecule has 5 nitrogen and oxygen atoms in total. The third-order valence-corrected chi connectivity index (χ3v) is 3.76. The van der Waals surface area contributed by atoms with Crippen molar-refractivity contribution in [2.24, 2.45) is 0 Å². The van der Waals surface area contributed by atoms with Crippen molar-refractivity contribution in [2.45, 2.75) is 19.9 Å². The summed E-state index contributed by atoms with van der Waals surface area (Å²) in [6, 6.07) is 12.4. The van der Waals surface area contributed by atoms with Gasteiger partial charge in [0.1, 0.15) is 17.1 Å². The van der Waals surface area contributed by atoms with Crippen LogP contribution in [-0.2, 0) is 13.0 Å². The molecule has 0 spiro atoms. The zero-order chi connectivity index (χ0) is 15.7. The molecule has 0 saturated carbocycles. The van der Waals surface area contributed by atoms with Crippen LogP contribution in [0.25, 0.3) is 11.0 Å². The van der Waals surface area contributed by atoms with Crippen LogP contribution in [0.3, 0.4) is 0 Å². The number of rotatable bonds is 4. The first-order valence-corrected chi connectivity index (χ1v) is 7.22. The van der Waals surface area contributed by atoms with Gasteiger partial charge in [-0.25, -0.2) is 4.98 Å². The van der Waals surface area contributed by atoms with Crippen molar-refractivity contribution >= 4 is 23.6 Å². The van der Waals surface area contributed by atoms with Crippen LogP contribution < -0.4 is 5.46 Å². The number of para-hydroxylation sites is 1. The van der Waals surface area contributed by atoms with Crippen LogP contribution in [0.4, 0.5) is 0 Å². The van der Waals surface area contributed by atoms with E-state index >= 15 is 0 Å². The summed E-state index contributed by atoms with van der Waals surface area (Å²) >= 11 is 0. The van der Waals surface area contributed by atoms with Crippen LogP contribution >= 0.6 is 0 Å². The Morgan fingerprint density at radius 2 is 1.82 bits per heavy atom. The molecule has 0 atom stereocenters. The van der Waals surface area contributed by atoms with Crippen LogP contribution in [0.2, 0.25) is 0 Å². The lowest BCUT2D eigenvalue weighted by Gasteiger charge is -2.10. The summed E-state index contributed by atoms with van der Waals surface area (Å²) in [7, 11) is -1.46.